The van der Waals surface area contributed by atoms with Crippen molar-refractivity contribution in [1.29, 1.82) is 0 Å². The largest absolute Gasteiger partial charge is 0.453 e. The highest BCUT2D eigenvalue weighted by Gasteiger charge is 2.37. The summed E-state index contributed by atoms with van der Waals surface area (Å²) in [5, 5.41) is 11.1. The minimum Gasteiger partial charge on any atom is -0.453 e. The number of nitro groups is 1. The molecule has 0 N–H and O–H groups in total. The maximum Gasteiger partial charge on any atom is 0.297 e. The van der Waals surface area contributed by atoms with Crippen LogP contribution in [0, 0.1) is 10.1 Å². The Labute approximate surface area is 102 Å². The van der Waals surface area contributed by atoms with Crippen LogP contribution in [0.4, 0.5) is 11.4 Å². The minimum absolute atomic E-state index is 0.0585. The summed E-state index contributed by atoms with van der Waals surface area (Å²) in [6, 6.07) is 1.32. The molecule has 0 saturated carbocycles. The van der Waals surface area contributed by atoms with Crippen LogP contribution in [0.1, 0.15) is 12.5 Å². The van der Waals surface area contributed by atoms with E-state index in [1.165, 1.54) is 17.9 Å². The predicted molar refractivity (Wildman–Crippen MR) is 61.0 cm³/mol. The molecule has 0 saturated heterocycles. The Bertz CT molecular complexity index is 569. The van der Waals surface area contributed by atoms with Crippen molar-refractivity contribution in [2.24, 2.45) is 0 Å². The molecule has 2 aliphatic heterocycles. The molecule has 0 aliphatic carbocycles. The maximum absolute atomic E-state index is 11.5. The Hall–Kier alpha value is -2.31. The van der Waals surface area contributed by atoms with E-state index < -0.39 is 4.92 Å². The van der Waals surface area contributed by atoms with Crippen molar-refractivity contribution < 1.29 is 19.2 Å². The van der Waals surface area contributed by atoms with Crippen molar-refractivity contribution in [2.75, 3.05) is 18.2 Å². The molecule has 1 aromatic carbocycles. The summed E-state index contributed by atoms with van der Waals surface area (Å²) in [6.07, 6.45) is 0.544. The molecule has 7 nitrogen and oxygen atoms in total. The van der Waals surface area contributed by atoms with Gasteiger partial charge < -0.3 is 14.4 Å². The van der Waals surface area contributed by atoms with E-state index in [2.05, 4.69) is 0 Å². The average molecular weight is 250 g/mol. The van der Waals surface area contributed by atoms with Crippen molar-refractivity contribution >= 4 is 17.3 Å². The van der Waals surface area contributed by atoms with E-state index in [1.807, 2.05) is 0 Å². The van der Waals surface area contributed by atoms with Gasteiger partial charge in [0.25, 0.3) is 5.69 Å². The highest BCUT2D eigenvalue weighted by Crippen LogP contribution is 2.49. The summed E-state index contributed by atoms with van der Waals surface area (Å²) in [7, 11) is 0. The van der Waals surface area contributed by atoms with Crippen molar-refractivity contribution in [3.8, 4) is 11.5 Å². The molecular weight excluding hydrogens is 240 g/mol. The van der Waals surface area contributed by atoms with E-state index in [0.717, 1.165) is 0 Å². The highest BCUT2D eigenvalue weighted by molar-refractivity contribution is 5.98. The number of carbonyl (C=O) groups excluding carboxylic acids is 1. The van der Waals surface area contributed by atoms with Gasteiger partial charge in [0.2, 0.25) is 12.7 Å². The number of benzene rings is 1. The Morgan fingerprint density at radius 3 is 2.94 bits per heavy atom. The van der Waals surface area contributed by atoms with Crippen LogP contribution >= 0.6 is 0 Å². The summed E-state index contributed by atoms with van der Waals surface area (Å²) in [5.41, 5.74) is 0.922. The van der Waals surface area contributed by atoms with Crippen LogP contribution in [0.15, 0.2) is 6.07 Å². The summed E-state index contributed by atoms with van der Waals surface area (Å²) in [5.74, 6) is 0.695. The Balaban J connectivity index is 2.26. The van der Waals surface area contributed by atoms with Gasteiger partial charge in [0, 0.05) is 19.0 Å². The van der Waals surface area contributed by atoms with E-state index in [-0.39, 0.29) is 18.4 Å². The molecule has 3 rings (SSSR count). The predicted octanol–water partition coefficient (Wildman–Crippen LogP) is 1.23. The third-order valence-corrected chi connectivity index (χ3v) is 3.14. The first-order valence-corrected chi connectivity index (χ1v) is 5.47. The van der Waals surface area contributed by atoms with Crippen molar-refractivity contribution in [2.45, 2.75) is 13.3 Å². The van der Waals surface area contributed by atoms with Gasteiger partial charge in [0.05, 0.1) is 11.0 Å². The molecule has 0 unspecified atom stereocenters. The number of ether oxygens (including phenoxy) is 2. The van der Waals surface area contributed by atoms with Gasteiger partial charge in [-0.15, -0.1) is 0 Å². The number of hydrogen-bond acceptors (Lipinski definition) is 5. The Kier molecular flexibility index (Phi) is 2.16. The van der Waals surface area contributed by atoms with Crippen LogP contribution in [0.25, 0.3) is 0 Å². The zero-order chi connectivity index (χ0) is 12.9. The second kappa shape index (κ2) is 3.59. The lowest BCUT2D eigenvalue weighted by Crippen LogP contribution is -2.26. The third-order valence-electron chi connectivity index (χ3n) is 3.14. The first-order valence-electron chi connectivity index (χ1n) is 5.47. The molecule has 0 radical (unpaired) electrons. The maximum atomic E-state index is 11.5. The van der Waals surface area contributed by atoms with Crippen molar-refractivity contribution in [1.82, 2.24) is 0 Å². The quantitative estimate of drug-likeness (QED) is 0.553. The molecule has 0 bridgehead atoms. The molecule has 1 amide bonds. The zero-order valence-electron chi connectivity index (χ0n) is 9.63. The van der Waals surface area contributed by atoms with Crippen LogP contribution in [0.5, 0.6) is 11.5 Å². The lowest BCUT2D eigenvalue weighted by molar-refractivity contribution is -0.384. The summed E-state index contributed by atoms with van der Waals surface area (Å²) < 4.78 is 10.5. The Morgan fingerprint density at radius 1 is 1.50 bits per heavy atom. The van der Waals surface area contributed by atoms with Gasteiger partial charge in [-0.1, -0.05) is 0 Å². The number of anilines is 1. The fraction of sp³-hybridized carbons (Fsp3) is 0.364. The molecule has 0 fully saturated rings. The number of nitrogens with zero attached hydrogens (tertiary/aromatic N) is 2. The number of fused-ring (bicyclic) bond motifs is 3. The van der Waals surface area contributed by atoms with E-state index in [0.29, 0.717) is 35.7 Å². The summed E-state index contributed by atoms with van der Waals surface area (Å²) in [4.78, 5) is 23.5. The third kappa shape index (κ3) is 1.33. The first-order chi connectivity index (χ1) is 8.59. The lowest BCUT2D eigenvalue weighted by atomic mass is 10.1. The number of carbonyl (C=O) groups is 1. The molecule has 7 heteroatoms. The van der Waals surface area contributed by atoms with Crippen molar-refractivity contribution in [3.05, 3.63) is 21.7 Å². The first kappa shape index (κ1) is 10.8. The highest BCUT2D eigenvalue weighted by atomic mass is 16.7. The number of amides is 1. The zero-order valence-corrected chi connectivity index (χ0v) is 9.63. The molecule has 18 heavy (non-hydrogen) atoms. The molecule has 2 heterocycles. The molecule has 94 valence electrons. The van der Waals surface area contributed by atoms with Gasteiger partial charge in [-0.2, -0.15) is 0 Å². The number of nitro benzene ring substituents is 1. The lowest BCUT2D eigenvalue weighted by Gasteiger charge is -2.14. The van der Waals surface area contributed by atoms with Gasteiger partial charge >= 0.3 is 0 Å². The van der Waals surface area contributed by atoms with E-state index in [9.17, 15) is 14.9 Å². The molecule has 0 atom stereocenters. The van der Waals surface area contributed by atoms with Crippen LogP contribution in [0.2, 0.25) is 0 Å². The van der Waals surface area contributed by atoms with Gasteiger partial charge in [0.1, 0.15) is 5.69 Å². The fourth-order valence-corrected chi connectivity index (χ4v) is 2.41. The topological polar surface area (TPSA) is 81.9 Å². The number of hydrogen-bond donors (Lipinski definition) is 0. The van der Waals surface area contributed by atoms with Crippen molar-refractivity contribution in [3.63, 3.8) is 0 Å². The van der Waals surface area contributed by atoms with Gasteiger partial charge in [0.15, 0.2) is 11.5 Å². The van der Waals surface area contributed by atoms with E-state index in [4.69, 9.17) is 9.47 Å². The van der Waals surface area contributed by atoms with E-state index in [1.54, 1.807) is 0 Å². The molecule has 1 aromatic rings. The molecular formula is C11H10N2O5. The van der Waals surface area contributed by atoms with Crippen LogP contribution in [-0.2, 0) is 11.2 Å². The number of rotatable bonds is 1. The summed E-state index contributed by atoms with van der Waals surface area (Å²) in [6.45, 7) is 1.89. The Morgan fingerprint density at radius 2 is 2.28 bits per heavy atom. The van der Waals surface area contributed by atoms with Gasteiger partial charge in [-0.25, -0.2) is 0 Å². The summed E-state index contributed by atoms with van der Waals surface area (Å²) >= 11 is 0. The van der Waals surface area contributed by atoms with Gasteiger partial charge in [-0.3, -0.25) is 14.9 Å². The minimum atomic E-state index is -0.498. The smallest absolute Gasteiger partial charge is 0.297 e. The monoisotopic (exact) mass is 250 g/mol. The molecule has 0 spiro atoms. The second-order valence-corrected chi connectivity index (χ2v) is 4.13. The molecule has 0 aromatic heterocycles. The van der Waals surface area contributed by atoms with Crippen LogP contribution in [-0.4, -0.2) is 24.2 Å². The second-order valence-electron chi connectivity index (χ2n) is 4.13. The van der Waals surface area contributed by atoms with Crippen LogP contribution < -0.4 is 14.4 Å². The van der Waals surface area contributed by atoms with E-state index >= 15 is 0 Å². The average Bonchev–Trinajstić information content (AvgIpc) is 2.93. The normalized spacial score (nSPS) is 15.7. The standard InChI is InChI=1S/C11H10N2O5/c1-6(14)12-3-2-7-10(12)8(13(15)16)4-9-11(7)18-5-17-9/h4H,2-3,5H2,1H3. The van der Waals surface area contributed by atoms with Crippen LogP contribution in [0.3, 0.4) is 0 Å². The molecule has 2 aliphatic rings. The SMILES string of the molecule is CC(=O)N1CCc2c3c(cc([N+](=O)[O-])c21)OCO3. The van der Waals surface area contributed by atoms with Gasteiger partial charge in [-0.05, 0) is 6.42 Å². The fourth-order valence-electron chi connectivity index (χ4n) is 2.41.